The molecule has 0 spiro atoms. The van der Waals surface area contributed by atoms with Crippen molar-refractivity contribution in [2.24, 2.45) is 0 Å². The molecule has 0 saturated carbocycles. The molecule has 2 aliphatic rings. The summed E-state index contributed by atoms with van der Waals surface area (Å²) in [6.45, 7) is 1.46. The van der Waals surface area contributed by atoms with Crippen LogP contribution in [0, 0.1) is 0 Å². The highest BCUT2D eigenvalue weighted by molar-refractivity contribution is 7.89. The zero-order valence-corrected chi connectivity index (χ0v) is 14.0. The first-order valence-electron chi connectivity index (χ1n) is 8.13. The predicted molar refractivity (Wildman–Crippen MR) is 89.7 cm³/mol. The summed E-state index contributed by atoms with van der Waals surface area (Å²) in [7, 11) is -3.57. The third-order valence-corrected chi connectivity index (χ3v) is 6.41. The molecule has 0 radical (unpaired) electrons. The Hall–Kier alpha value is -2.05. The Bertz CT molecular complexity index is 835. The summed E-state index contributed by atoms with van der Waals surface area (Å²) in [5.41, 5.74) is 1.04. The van der Waals surface area contributed by atoms with Crippen molar-refractivity contribution in [2.45, 2.75) is 23.8 Å². The first-order chi connectivity index (χ1) is 11.7. The molecule has 2 aliphatic heterocycles. The zero-order chi connectivity index (χ0) is 16.6. The fourth-order valence-electron chi connectivity index (χ4n) is 3.36. The Morgan fingerprint density at radius 3 is 2.50 bits per heavy atom. The number of rotatable bonds is 3. The minimum absolute atomic E-state index is 0.107. The highest BCUT2D eigenvalue weighted by Crippen LogP contribution is 2.39. The third kappa shape index (κ3) is 2.65. The van der Waals surface area contributed by atoms with E-state index >= 15 is 0 Å². The molecule has 0 bridgehead atoms. The van der Waals surface area contributed by atoms with E-state index in [4.69, 9.17) is 9.47 Å². The van der Waals surface area contributed by atoms with Crippen LogP contribution in [0.4, 0.5) is 0 Å². The van der Waals surface area contributed by atoms with Crippen LogP contribution in [-0.4, -0.2) is 32.5 Å². The van der Waals surface area contributed by atoms with Gasteiger partial charge in [-0.05, 0) is 30.5 Å². The number of ether oxygens (including phenoxy) is 2. The van der Waals surface area contributed by atoms with Crippen molar-refractivity contribution in [1.29, 1.82) is 0 Å². The van der Waals surface area contributed by atoms with E-state index in [1.165, 1.54) is 0 Å². The van der Waals surface area contributed by atoms with Gasteiger partial charge in [0.15, 0.2) is 11.5 Å². The summed E-state index contributed by atoms with van der Waals surface area (Å²) < 4.78 is 38.9. The standard InChI is InChI=1S/C18H19NO4S/c20-24(21,15-8-9-17-18(13-15)23-12-11-22-17)19-10-4-7-16(19)14-5-2-1-3-6-14/h1-3,5-6,8-9,13,16H,4,7,10-12H2/t16-/m0/s1. The lowest BCUT2D eigenvalue weighted by Gasteiger charge is -2.25. The molecule has 4 rings (SSSR count). The Morgan fingerprint density at radius 1 is 0.958 bits per heavy atom. The van der Waals surface area contributed by atoms with Gasteiger partial charge in [-0.2, -0.15) is 4.31 Å². The number of fused-ring (bicyclic) bond motifs is 1. The van der Waals surface area contributed by atoms with E-state index in [0.717, 1.165) is 18.4 Å². The Labute approximate surface area is 141 Å². The van der Waals surface area contributed by atoms with Crippen LogP contribution in [0.5, 0.6) is 11.5 Å². The van der Waals surface area contributed by atoms with Crippen LogP contribution < -0.4 is 9.47 Å². The summed E-state index contributed by atoms with van der Waals surface area (Å²) in [6, 6.07) is 14.6. The molecule has 2 aromatic carbocycles. The molecule has 0 aliphatic carbocycles. The molecule has 24 heavy (non-hydrogen) atoms. The van der Waals surface area contributed by atoms with Crippen molar-refractivity contribution in [1.82, 2.24) is 4.31 Å². The molecule has 0 aromatic heterocycles. The number of nitrogens with zero attached hydrogens (tertiary/aromatic N) is 1. The smallest absolute Gasteiger partial charge is 0.243 e. The minimum Gasteiger partial charge on any atom is -0.486 e. The van der Waals surface area contributed by atoms with Gasteiger partial charge in [0.2, 0.25) is 10.0 Å². The maximum absolute atomic E-state index is 13.1. The number of benzene rings is 2. The van der Waals surface area contributed by atoms with Crippen LogP contribution in [0.3, 0.4) is 0 Å². The van der Waals surface area contributed by atoms with Crippen LogP contribution >= 0.6 is 0 Å². The van der Waals surface area contributed by atoms with E-state index in [1.54, 1.807) is 22.5 Å². The fourth-order valence-corrected chi connectivity index (χ4v) is 5.05. The van der Waals surface area contributed by atoms with Gasteiger partial charge in [0.1, 0.15) is 13.2 Å². The lowest BCUT2D eigenvalue weighted by Crippen LogP contribution is -2.30. The van der Waals surface area contributed by atoms with E-state index in [9.17, 15) is 8.42 Å². The maximum Gasteiger partial charge on any atom is 0.243 e. The van der Waals surface area contributed by atoms with Gasteiger partial charge in [0, 0.05) is 12.6 Å². The maximum atomic E-state index is 13.1. The van der Waals surface area contributed by atoms with Crippen LogP contribution in [0.2, 0.25) is 0 Å². The van der Waals surface area contributed by atoms with Gasteiger partial charge in [0.05, 0.1) is 10.9 Å². The SMILES string of the molecule is O=S(=O)(c1ccc2c(c1)OCCO2)N1CCC[C@H]1c1ccccc1. The lowest BCUT2D eigenvalue weighted by molar-refractivity contribution is 0.171. The Kier molecular flexibility index (Phi) is 3.94. The van der Waals surface area contributed by atoms with E-state index in [0.29, 0.717) is 31.3 Å². The van der Waals surface area contributed by atoms with Crippen molar-refractivity contribution < 1.29 is 17.9 Å². The fraction of sp³-hybridized carbons (Fsp3) is 0.333. The second kappa shape index (κ2) is 6.11. The molecule has 0 N–H and O–H groups in total. The van der Waals surface area contributed by atoms with Crippen LogP contribution in [-0.2, 0) is 10.0 Å². The third-order valence-electron chi connectivity index (χ3n) is 4.51. The molecule has 2 aromatic rings. The molecule has 1 fully saturated rings. The highest BCUT2D eigenvalue weighted by Gasteiger charge is 2.36. The topological polar surface area (TPSA) is 55.8 Å². The average Bonchev–Trinajstić information content (AvgIpc) is 3.13. The predicted octanol–water partition coefficient (Wildman–Crippen LogP) is 2.98. The van der Waals surface area contributed by atoms with Crippen molar-refractivity contribution in [2.75, 3.05) is 19.8 Å². The van der Waals surface area contributed by atoms with Crippen molar-refractivity contribution in [3.63, 3.8) is 0 Å². The van der Waals surface area contributed by atoms with Crippen LogP contribution in [0.15, 0.2) is 53.4 Å². The Morgan fingerprint density at radius 2 is 1.71 bits per heavy atom. The van der Waals surface area contributed by atoms with E-state index in [-0.39, 0.29) is 10.9 Å². The molecule has 126 valence electrons. The molecule has 6 heteroatoms. The van der Waals surface area contributed by atoms with Crippen LogP contribution in [0.25, 0.3) is 0 Å². The van der Waals surface area contributed by atoms with Crippen molar-refractivity contribution in [3.8, 4) is 11.5 Å². The molecule has 0 amide bonds. The first-order valence-corrected chi connectivity index (χ1v) is 9.57. The molecular weight excluding hydrogens is 326 g/mol. The van der Waals surface area contributed by atoms with E-state index in [2.05, 4.69) is 0 Å². The summed E-state index contributed by atoms with van der Waals surface area (Å²) in [4.78, 5) is 0.259. The highest BCUT2D eigenvalue weighted by atomic mass is 32.2. The normalized spacial score (nSPS) is 20.9. The monoisotopic (exact) mass is 345 g/mol. The van der Waals surface area contributed by atoms with Gasteiger partial charge < -0.3 is 9.47 Å². The first kappa shape index (κ1) is 15.5. The van der Waals surface area contributed by atoms with Gasteiger partial charge in [-0.25, -0.2) is 8.42 Å². The molecule has 1 saturated heterocycles. The average molecular weight is 345 g/mol. The van der Waals surface area contributed by atoms with Gasteiger partial charge in [0.25, 0.3) is 0 Å². The molecule has 5 nitrogen and oxygen atoms in total. The largest absolute Gasteiger partial charge is 0.486 e. The van der Waals surface area contributed by atoms with Gasteiger partial charge in [-0.15, -0.1) is 0 Å². The number of hydrogen-bond donors (Lipinski definition) is 0. The van der Waals surface area contributed by atoms with Gasteiger partial charge >= 0.3 is 0 Å². The quantitative estimate of drug-likeness (QED) is 0.858. The molecule has 1 atom stereocenters. The molecule has 0 unspecified atom stereocenters. The van der Waals surface area contributed by atoms with Crippen molar-refractivity contribution in [3.05, 3.63) is 54.1 Å². The zero-order valence-electron chi connectivity index (χ0n) is 13.2. The van der Waals surface area contributed by atoms with E-state index in [1.807, 2.05) is 30.3 Å². The molecule has 2 heterocycles. The second-order valence-corrected chi connectivity index (χ2v) is 7.88. The summed E-state index contributed by atoms with van der Waals surface area (Å²) in [6.07, 6.45) is 1.71. The lowest BCUT2D eigenvalue weighted by atomic mass is 10.1. The second-order valence-electron chi connectivity index (χ2n) is 5.99. The summed E-state index contributed by atoms with van der Waals surface area (Å²) in [5.74, 6) is 1.10. The minimum atomic E-state index is -3.57. The molecular formula is C18H19NO4S. The number of hydrogen-bond acceptors (Lipinski definition) is 4. The van der Waals surface area contributed by atoms with E-state index < -0.39 is 10.0 Å². The number of sulfonamides is 1. The van der Waals surface area contributed by atoms with Gasteiger partial charge in [-0.3, -0.25) is 0 Å². The van der Waals surface area contributed by atoms with Crippen LogP contribution in [0.1, 0.15) is 24.4 Å². The Balaban J connectivity index is 1.69. The van der Waals surface area contributed by atoms with Crippen molar-refractivity contribution >= 4 is 10.0 Å². The summed E-state index contributed by atoms with van der Waals surface area (Å²) >= 11 is 0. The van der Waals surface area contributed by atoms with Gasteiger partial charge in [-0.1, -0.05) is 30.3 Å². The summed E-state index contributed by atoms with van der Waals surface area (Å²) in [5, 5.41) is 0.